The highest BCUT2D eigenvalue weighted by atomic mass is 16.5. The Morgan fingerprint density at radius 3 is 2.71 bits per heavy atom. The van der Waals surface area contributed by atoms with Crippen molar-refractivity contribution in [1.29, 1.82) is 0 Å². The van der Waals surface area contributed by atoms with Gasteiger partial charge in [0.25, 0.3) is 0 Å². The van der Waals surface area contributed by atoms with Crippen LogP contribution in [-0.2, 0) is 17.6 Å². The first-order valence-corrected chi connectivity index (χ1v) is 12.6. The zero-order valence-electron chi connectivity index (χ0n) is 19.8. The van der Waals surface area contributed by atoms with Crippen LogP contribution < -0.4 is 5.32 Å². The van der Waals surface area contributed by atoms with Gasteiger partial charge in [-0.25, -0.2) is 4.98 Å². The monoisotopic (exact) mass is 467 g/mol. The van der Waals surface area contributed by atoms with Crippen molar-refractivity contribution < 1.29 is 20.1 Å². The van der Waals surface area contributed by atoms with Crippen LogP contribution >= 0.6 is 0 Å². The fraction of sp³-hybridized carbons (Fsp3) is 0.519. The summed E-state index contributed by atoms with van der Waals surface area (Å²) in [5.74, 6) is -0.214. The lowest BCUT2D eigenvalue weighted by Gasteiger charge is -2.31. The summed E-state index contributed by atoms with van der Waals surface area (Å²) in [4.78, 5) is 7.54. The molecule has 0 saturated carbocycles. The van der Waals surface area contributed by atoms with Crippen LogP contribution in [0.4, 0.5) is 0 Å². The molecule has 0 bridgehead atoms. The molecular formula is C27H37N3O4. The van der Waals surface area contributed by atoms with Crippen molar-refractivity contribution in [2.24, 2.45) is 0 Å². The number of unbranched alkanes of at least 4 members (excludes halogenated alkanes) is 4. The van der Waals surface area contributed by atoms with Gasteiger partial charge < -0.3 is 30.4 Å². The number of rotatable bonds is 13. The number of imidazole rings is 1. The van der Waals surface area contributed by atoms with Crippen LogP contribution in [0.1, 0.15) is 67.7 Å². The third-order valence-electron chi connectivity index (χ3n) is 6.85. The third kappa shape index (κ3) is 6.09. The molecule has 0 aliphatic heterocycles. The van der Waals surface area contributed by atoms with E-state index in [9.17, 15) is 15.3 Å². The van der Waals surface area contributed by atoms with E-state index in [0.717, 1.165) is 87.7 Å². The molecule has 184 valence electrons. The van der Waals surface area contributed by atoms with Gasteiger partial charge in [0.2, 0.25) is 0 Å². The maximum Gasteiger partial charge on any atom is 0.161 e. The van der Waals surface area contributed by atoms with E-state index >= 15 is 0 Å². The molecule has 7 heteroatoms. The lowest BCUT2D eigenvalue weighted by molar-refractivity contribution is 0.113. The third-order valence-corrected chi connectivity index (χ3v) is 6.85. The van der Waals surface area contributed by atoms with E-state index in [2.05, 4.69) is 27.4 Å². The number of aromatic hydroxyl groups is 2. The molecule has 0 amide bonds. The second-order valence-electron chi connectivity index (χ2n) is 9.24. The Hall–Kier alpha value is -2.61. The van der Waals surface area contributed by atoms with Gasteiger partial charge in [0.1, 0.15) is 0 Å². The number of hydrogen-bond acceptors (Lipinski definition) is 6. The minimum absolute atomic E-state index is 0.0139. The number of nitrogens with zero attached hydrogens (tertiary/aromatic N) is 1. The molecule has 3 aromatic rings. The Morgan fingerprint density at radius 2 is 1.82 bits per heavy atom. The Morgan fingerprint density at radius 1 is 1.00 bits per heavy atom. The first-order chi connectivity index (χ1) is 16.6. The van der Waals surface area contributed by atoms with E-state index in [-0.39, 0.29) is 17.5 Å². The summed E-state index contributed by atoms with van der Waals surface area (Å²) in [7, 11) is 0. The van der Waals surface area contributed by atoms with Gasteiger partial charge in [0, 0.05) is 24.8 Å². The maximum atomic E-state index is 10.6. The number of hydrogen-bond donors (Lipinski definition) is 5. The number of aromatic nitrogens is 2. The molecule has 34 heavy (non-hydrogen) atoms. The Labute approximate surface area is 201 Å². The smallest absolute Gasteiger partial charge is 0.161 e. The Kier molecular flexibility index (Phi) is 8.79. The van der Waals surface area contributed by atoms with Gasteiger partial charge in [-0.1, -0.05) is 31.0 Å². The van der Waals surface area contributed by atoms with Crippen molar-refractivity contribution in [3.8, 4) is 11.5 Å². The number of para-hydroxylation sites is 1. The molecular weight excluding hydrogens is 430 g/mol. The molecule has 4 rings (SSSR count). The number of fused-ring (bicyclic) bond motifs is 2. The molecule has 0 fully saturated rings. The summed E-state index contributed by atoms with van der Waals surface area (Å²) in [6.45, 7) is 2.50. The number of ether oxygens (including phenoxy) is 1. The van der Waals surface area contributed by atoms with Gasteiger partial charge >= 0.3 is 0 Å². The fourth-order valence-corrected chi connectivity index (χ4v) is 4.89. The van der Waals surface area contributed by atoms with Crippen LogP contribution in [0.3, 0.4) is 0 Å². The lowest BCUT2D eigenvalue weighted by atomic mass is 9.85. The number of aliphatic hydroxyl groups is 1. The first-order valence-electron chi connectivity index (χ1n) is 12.6. The van der Waals surface area contributed by atoms with E-state index in [1.54, 1.807) is 12.4 Å². The number of aromatic amines is 1. The zero-order chi connectivity index (χ0) is 23.8. The summed E-state index contributed by atoms with van der Waals surface area (Å²) < 4.78 is 5.80. The molecule has 5 N–H and O–H groups in total. The predicted molar refractivity (Wildman–Crippen MR) is 133 cm³/mol. The summed E-state index contributed by atoms with van der Waals surface area (Å²) in [6, 6.07) is 9.41. The molecule has 2 atom stereocenters. The number of phenolic OH excluding ortho intramolecular Hbond substituents is 2. The van der Waals surface area contributed by atoms with E-state index in [4.69, 9.17) is 4.74 Å². The minimum Gasteiger partial charge on any atom is -0.504 e. The van der Waals surface area contributed by atoms with Crippen LogP contribution in [-0.4, -0.2) is 51.1 Å². The average molecular weight is 468 g/mol. The van der Waals surface area contributed by atoms with Crippen LogP contribution in [0.15, 0.2) is 36.7 Å². The van der Waals surface area contributed by atoms with Crippen LogP contribution in [0.5, 0.6) is 11.5 Å². The number of benzene rings is 2. The van der Waals surface area contributed by atoms with E-state index in [1.807, 2.05) is 6.07 Å². The molecule has 0 unspecified atom stereocenters. The van der Waals surface area contributed by atoms with E-state index in [1.165, 1.54) is 11.6 Å². The molecule has 7 nitrogen and oxygen atoms in total. The largest absolute Gasteiger partial charge is 0.504 e. The van der Waals surface area contributed by atoms with Crippen LogP contribution in [0.2, 0.25) is 0 Å². The summed E-state index contributed by atoms with van der Waals surface area (Å²) in [5, 5.41) is 33.7. The van der Waals surface area contributed by atoms with Gasteiger partial charge in [-0.3, -0.25) is 0 Å². The average Bonchev–Trinajstić information content (AvgIpc) is 3.33. The van der Waals surface area contributed by atoms with Gasteiger partial charge in [-0.05, 0) is 74.8 Å². The zero-order valence-corrected chi connectivity index (χ0v) is 19.8. The molecule has 0 saturated heterocycles. The number of aliphatic hydroxyl groups excluding tert-OH is 1. The SMILES string of the molecule is Oc1ccc2c(c1O)CC[C@@H](NCCCCCCOCCCCc1cccc3nc[nH]c13)[C@@H]2O. The van der Waals surface area contributed by atoms with Crippen LogP contribution in [0.25, 0.3) is 11.0 Å². The van der Waals surface area contributed by atoms with E-state index < -0.39 is 6.10 Å². The maximum absolute atomic E-state index is 10.6. The second-order valence-corrected chi connectivity index (χ2v) is 9.24. The number of aryl methyl sites for hydroxylation is 1. The molecule has 0 radical (unpaired) electrons. The lowest BCUT2D eigenvalue weighted by Crippen LogP contribution is -2.38. The summed E-state index contributed by atoms with van der Waals surface area (Å²) >= 11 is 0. The topological polar surface area (TPSA) is 111 Å². The molecule has 1 aromatic heterocycles. The van der Waals surface area contributed by atoms with Crippen molar-refractivity contribution in [2.45, 2.75) is 69.9 Å². The number of nitrogens with one attached hydrogen (secondary N) is 2. The molecule has 2 aromatic carbocycles. The minimum atomic E-state index is -0.656. The number of phenols is 2. The molecule has 1 aliphatic rings. The Bertz CT molecular complexity index is 1050. The standard InChI is InChI=1S/C27H37N3O4/c31-24-14-12-20-21(27(24)33)11-13-23(26(20)32)28-15-4-1-2-5-16-34-17-6-3-8-19-9-7-10-22-25(19)30-18-29-22/h7,9-10,12,14,18,23,26,28,31-33H,1-6,8,11,13,15-17H2,(H,29,30)/t23-,26-/m1/s1. The van der Waals surface area contributed by atoms with Gasteiger partial charge in [0.15, 0.2) is 11.5 Å². The van der Waals surface area contributed by atoms with Crippen molar-refractivity contribution in [2.75, 3.05) is 19.8 Å². The Balaban J connectivity index is 1.01. The summed E-state index contributed by atoms with van der Waals surface area (Å²) in [6.07, 6.45) is 10.1. The van der Waals surface area contributed by atoms with Crippen molar-refractivity contribution in [3.05, 3.63) is 53.3 Å². The highest BCUT2D eigenvalue weighted by Gasteiger charge is 2.29. The predicted octanol–water partition coefficient (Wildman–Crippen LogP) is 4.51. The normalized spacial score (nSPS) is 17.8. The highest BCUT2D eigenvalue weighted by molar-refractivity contribution is 5.78. The van der Waals surface area contributed by atoms with Gasteiger partial charge in [0.05, 0.1) is 23.5 Å². The van der Waals surface area contributed by atoms with Gasteiger partial charge in [-0.15, -0.1) is 0 Å². The quantitative estimate of drug-likeness (QED) is 0.187. The fourth-order valence-electron chi connectivity index (χ4n) is 4.89. The van der Waals surface area contributed by atoms with Crippen molar-refractivity contribution >= 4 is 11.0 Å². The van der Waals surface area contributed by atoms with E-state index in [0.29, 0.717) is 12.0 Å². The molecule has 1 aliphatic carbocycles. The summed E-state index contributed by atoms with van der Waals surface area (Å²) in [5.41, 5.74) is 4.90. The molecule has 1 heterocycles. The van der Waals surface area contributed by atoms with Crippen LogP contribution in [0, 0.1) is 0 Å². The highest BCUT2D eigenvalue weighted by Crippen LogP contribution is 2.39. The van der Waals surface area contributed by atoms with Crippen molar-refractivity contribution in [1.82, 2.24) is 15.3 Å². The second kappa shape index (κ2) is 12.2. The first kappa shape index (κ1) is 24.5. The van der Waals surface area contributed by atoms with Crippen molar-refractivity contribution in [3.63, 3.8) is 0 Å². The van der Waals surface area contributed by atoms with Gasteiger partial charge in [-0.2, -0.15) is 0 Å². The number of H-pyrrole nitrogens is 1. The molecule has 0 spiro atoms.